The number of carbonyl (C=O) groups excluding carboxylic acids is 2. The van der Waals surface area contributed by atoms with Gasteiger partial charge in [-0.2, -0.15) is 0 Å². The fraction of sp³-hybridized carbons (Fsp3) is 0.640. The topological polar surface area (TPSA) is 91.6 Å². The molecular weight excluding hydrogens is 406 g/mol. The zero-order valence-corrected chi connectivity index (χ0v) is 18.3. The zero-order chi connectivity index (χ0) is 22.0. The normalized spacial score (nSPS) is 30.8. The average molecular weight is 438 g/mol. The van der Waals surface area contributed by atoms with Gasteiger partial charge in [0.15, 0.2) is 0 Å². The summed E-state index contributed by atoms with van der Waals surface area (Å²) in [6, 6.07) is 2.90. The molecule has 2 saturated carbocycles. The minimum absolute atomic E-state index is 0.00436. The molecule has 2 N–H and O–H groups in total. The lowest BCUT2D eigenvalue weighted by atomic mass is 9.88. The smallest absolute Gasteiger partial charge is 0.258 e. The molecule has 0 aromatic carbocycles. The van der Waals surface area contributed by atoms with Gasteiger partial charge in [0.2, 0.25) is 11.8 Å². The van der Waals surface area contributed by atoms with Gasteiger partial charge in [-0.15, -0.1) is 0 Å². The van der Waals surface area contributed by atoms with Crippen molar-refractivity contribution in [2.75, 3.05) is 13.2 Å². The number of rotatable bonds is 6. The molecule has 3 fully saturated rings. The molecule has 7 nitrogen and oxygen atoms in total. The molecule has 1 aromatic heterocycles. The Labute approximate surface area is 187 Å². The summed E-state index contributed by atoms with van der Waals surface area (Å²) in [4.78, 5) is 41.8. The van der Waals surface area contributed by atoms with E-state index in [-0.39, 0.29) is 47.8 Å². The van der Waals surface area contributed by atoms with Gasteiger partial charge in [0.25, 0.3) is 5.56 Å². The van der Waals surface area contributed by atoms with Gasteiger partial charge in [0.05, 0.1) is 6.04 Å². The van der Waals surface area contributed by atoms with E-state index in [4.69, 9.17) is 0 Å². The van der Waals surface area contributed by atoms with Crippen LogP contribution in [0.5, 0.6) is 0 Å². The van der Waals surface area contributed by atoms with Gasteiger partial charge in [-0.3, -0.25) is 14.4 Å². The Hall–Kier alpha value is -2.41. The van der Waals surface area contributed by atoms with Crippen molar-refractivity contribution in [1.29, 1.82) is 0 Å². The van der Waals surface area contributed by atoms with Crippen molar-refractivity contribution >= 4 is 17.4 Å². The first kappa shape index (κ1) is 20.2. The number of nitrogens with zero attached hydrogens (tertiary/aromatic N) is 2. The lowest BCUT2D eigenvalue weighted by Crippen LogP contribution is -2.51. The van der Waals surface area contributed by atoms with Crippen LogP contribution in [0.1, 0.15) is 62.2 Å². The molecular formula is C25H31N3O4. The third-order valence-electron chi connectivity index (χ3n) is 8.17. The van der Waals surface area contributed by atoms with Gasteiger partial charge in [0.1, 0.15) is 6.04 Å². The largest absolute Gasteiger partial charge is 0.396 e. The lowest BCUT2D eigenvalue weighted by Gasteiger charge is -2.31. The number of amides is 2. The number of pyridine rings is 1. The Morgan fingerprint density at radius 1 is 1.16 bits per heavy atom. The number of hydrogen-bond donors (Lipinski definition) is 2. The molecule has 1 aromatic rings. The fourth-order valence-electron chi connectivity index (χ4n) is 6.10. The molecule has 5 aliphatic rings. The van der Waals surface area contributed by atoms with Crippen molar-refractivity contribution in [3.8, 4) is 0 Å². The van der Waals surface area contributed by atoms with Crippen LogP contribution in [0.2, 0.25) is 0 Å². The summed E-state index contributed by atoms with van der Waals surface area (Å²) in [5.74, 6) is -0.125. The Bertz CT molecular complexity index is 1050. The van der Waals surface area contributed by atoms with Gasteiger partial charge in [-0.25, -0.2) is 0 Å². The molecule has 32 heavy (non-hydrogen) atoms. The van der Waals surface area contributed by atoms with Crippen LogP contribution in [0.25, 0.3) is 5.57 Å². The van der Waals surface area contributed by atoms with Crippen LogP contribution >= 0.6 is 0 Å². The number of aliphatic hydroxyl groups is 1. The van der Waals surface area contributed by atoms with Crippen molar-refractivity contribution in [1.82, 2.24) is 14.8 Å². The Kier molecular flexibility index (Phi) is 4.79. The maximum absolute atomic E-state index is 13.4. The summed E-state index contributed by atoms with van der Waals surface area (Å²) in [5, 5.41) is 13.4. The molecule has 3 heterocycles. The van der Waals surface area contributed by atoms with Crippen LogP contribution in [0.3, 0.4) is 0 Å². The monoisotopic (exact) mass is 437 g/mol. The fourth-order valence-corrected chi connectivity index (χ4v) is 6.10. The molecule has 170 valence electrons. The summed E-state index contributed by atoms with van der Waals surface area (Å²) in [5.41, 5.74) is 2.68. The Morgan fingerprint density at radius 3 is 2.62 bits per heavy atom. The summed E-state index contributed by atoms with van der Waals surface area (Å²) < 4.78 is 1.80. The van der Waals surface area contributed by atoms with Crippen LogP contribution in [0.4, 0.5) is 0 Å². The lowest BCUT2D eigenvalue weighted by molar-refractivity contribution is -0.142. The number of aliphatic hydroxyl groups excluding tert-OH is 1. The van der Waals surface area contributed by atoms with Crippen molar-refractivity contribution in [2.24, 2.45) is 23.7 Å². The number of allylic oxidation sites excluding steroid dienone is 2. The summed E-state index contributed by atoms with van der Waals surface area (Å²) in [6.07, 6.45) is 9.15. The minimum atomic E-state index is -0.664. The second kappa shape index (κ2) is 7.58. The standard InChI is InChI=1S/C25H31N3O4/c29-13-19-18-12-27-20(10-9-17(25(27)32)15-3-1-2-4-15)21(18)28(24(31)16-7-8-16)22(19)23(30)26-11-14-5-6-14/h3,9-10,14,16,18-19,21-22,29H,1-2,4-8,11-13H2,(H,26,30)/t18-,19-,21+,22-/m0/s1. The van der Waals surface area contributed by atoms with Crippen molar-refractivity contribution in [2.45, 2.75) is 63.6 Å². The number of carbonyl (C=O) groups is 2. The molecule has 4 atom stereocenters. The molecule has 3 aliphatic carbocycles. The van der Waals surface area contributed by atoms with E-state index in [2.05, 4.69) is 11.4 Å². The molecule has 2 aliphatic heterocycles. The van der Waals surface area contributed by atoms with E-state index in [9.17, 15) is 19.5 Å². The first-order valence-corrected chi connectivity index (χ1v) is 12.2. The number of aromatic nitrogens is 1. The van der Waals surface area contributed by atoms with E-state index in [1.54, 1.807) is 9.47 Å². The Morgan fingerprint density at radius 2 is 1.97 bits per heavy atom. The van der Waals surface area contributed by atoms with E-state index in [1.165, 1.54) is 0 Å². The molecule has 0 unspecified atom stereocenters. The van der Waals surface area contributed by atoms with Gasteiger partial charge < -0.3 is 19.9 Å². The maximum Gasteiger partial charge on any atom is 0.258 e. The molecule has 1 saturated heterocycles. The molecule has 2 amide bonds. The molecule has 7 heteroatoms. The molecule has 6 rings (SSSR count). The van der Waals surface area contributed by atoms with Crippen LogP contribution in [0.15, 0.2) is 23.0 Å². The highest BCUT2D eigenvalue weighted by molar-refractivity contribution is 5.91. The summed E-state index contributed by atoms with van der Waals surface area (Å²) in [6.45, 7) is 0.923. The van der Waals surface area contributed by atoms with E-state index in [0.29, 0.717) is 19.0 Å². The van der Waals surface area contributed by atoms with E-state index in [1.807, 2.05) is 12.1 Å². The second-order valence-electron chi connectivity index (χ2n) is 10.3. The van der Waals surface area contributed by atoms with Gasteiger partial charge in [0, 0.05) is 48.7 Å². The zero-order valence-electron chi connectivity index (χ0n) is 18.3. The van der Waals surface area contributed by atoms with Crippen LogP contribution in [0, 0.1) is 23.7 Å². The van der Waals surface area contributed by atoms with Gasteiger partial charge in [-0.05, 0) is 68.6 Å². The minimum Gasteiger partial charge on any atom is -0.396 e. The highest BCUT2D eigenvalue weighted by Gasteiger charge is 2.58. The van der Waals surface area contributed by atoms with E-state index >= 15 is 0 Å². The van der Waals surface area contributed by atoms with E-state index in [0.717, 1.165) is 61.8 Å². The SMILES string of the molecule is O=C(NCC1CC1)[C@@H]1[C@@H](CO)[C@@H]2Cn3c(ccc(C4=CCCC4)c3=O)[C@@H]2N1C(=O)C1CC1. The van der Waals surface area contributed by atoms with Crippen molar-refractivity contribution < 1.29 is 14.7 Å². The average Bonchev–Trinajstić information content (AvgIpc) is 3.69. The molecule has 0 spiro atoms. The highest BCUT2D eigenvalue weighted by Crippen LogP contribution is 2.51. The third-order valence-corrected chi connectivity index (χ3v) is 8.17. The van der Waals surface area contributed by atoms with Crippen molar-refractivity contribution in [3.63, 3.8) is 0 Å². The van der Waals surface area contributed by atoms with Crippen LogP contribution in [-0.2, 0) is 16.1 Å². The van der Waals surface area contributed by atoms with E-state index < -0.39 is 6.04 Å². The van der Waals surface area contributed by atoms with Crippen LogP contribution < -0.4 is 10.9 Å². The maximum atomic E-state index is 13.4. The summed E-state index contributed by atoms with van der Waals surface area (Å²) in [7, 11) is 0. The quantitative estimate of drug-likeness (QED) is 0.711. The first-order valence-electron chi connectivity index (χ1n) is 12.2. The number of likely N-dealkylation sites (tertiary alicyclic amines) is 1. The predicted octanol–water partition coefficient (Wildman–Crippen LogP) is 1.84. The molecule has 0 bridgehead atoms. The van der Waals surface area contributed by atoms with Gasteiger partial charge in [-0.1, -0.05) is 6.08 Å². The number of nitrogens with one attached hydrogen (secondary N) is 1. The predicted molar refractivity (Wildman–Crippen MR) is 118 cm³/mol. The first-order chi connectivity index (χ1) is 15.6. The van der Waals surface area contributed by atoms with Crippen molar-refractivity contribution in [3.05, 3.63) is 39.8 Å². The van der Waals surface area contributed by atoms with Gasteiger partial charge >= 0.3 is 0 Å². The molecule has 0 radical (unpaired) electrons. The third kappa shape index (κ3) is 3.16. The number of fused-ring (bicyclic) bond motifs is 3. The van der Waals surface area contributed by atoms with Crippen LogP contribution in [-0.4, -0.2) is 45.6 Å². The number of hydrogen-bond acceptors (Lipinski definition) is 4. The Balaban J connectivity index is 1.38. The highest BCUT2D eigenvalue weighted by atomic mass is 16.3. The summed E-state index contributed by atoms with van der Waals surface area (Å²) >= 11 is 0. The second-order valence-corrected chi connectivity index (χ2v) is 10.3.